The van der Waals surface area contributed by atoms with Crippen molar-refractivity contribution in [1.82, 2.24) is 15.5 Å². The molecular formula is C21H25F3N4O. The van der Waals surface area contributed by atoms with Gasteiger partial charge in [0, 0.05) is 24.2 Å². The molecule has 2 aromatic rings. The number of aryl methyl sites for hydroxylation is 1. The van der Waals surface area contributed by atoms with Gasteiger partial charge in [-0.3, -0.25) is 0 Å². The van der Waals surface area contributed by atoms with Crippen LogP contribution >= 0.6 is 0 Å². The number of hydrogen-bond donors (Lipinski definition) is 2. The molecule has 0 spiro atoms. The van der Waals surface area contributed by atoms with Crippen LogP contribution in [0.15, 0.2) is 24.3 Å². The van der Waals surface area contributed by atoms with Gasteiger partial charge in [-0.15, -0.1) is 10.2 Å². The Morgan fingerprint density at radius 3 is 2.69 bits per heavy atom. The first-order chi connectivity index (χ1) is 13.8. The van der Waals surface area contributed by atoms with Gasteiger partial charge in [0.05, 0.1) is 11.3 Å². The largest absolute Gasteiger partial charge is 0.507 e. The second kappa shape index (κ2) is 7.48. The number of nitrogens with zero attached hydrogens (tertiary/aromatic N) is 3. The van der Waals surface area contributed by atoms with Crippen LogP contribution in [0, 0.1) is 5.92 Å². The molecule has 3 atom stereocenters. The molecule has 0 aliphatic carbocycles. The van der Waals surface area contributed by atoms with Crippen molar-refractivity contribution in [2.75, 3.05) is 18.0 Å². The molecule has 2 N–H and O–H groups in total. The highest BCUT2D eigenvalue weighted by Crippen LogP contribution is 2.39. The van der Waals surface area contributed by atoms with E-state index in [4.69, 9.17) is 0 Å². The molecule has 0 saturated carbocycles. The van der Waals surface area contributed by atoms with Gasteiger partial charge >= 0.3 is 6.18 Å². The zero-order valence-electron chi connectivity index (χ0n) is 16.5. The van der Waals surface area contributed by atoms with E-state index >= 15 is 0 Å². The minimum Gasteiger partial charge on any atom is -0.507 e. The number of piperidine rings is 1. The lowest BCUT2D eigenvalue weighted by molar-refractivity contribution is -0.137. The predicted octanol–water partition coefficient (Wildman–Crippen LogP) is 4.01. The van der Waals surface area contributed by atoms with Crippen LogP contribution in [0.25, 0.3) is 11.3 Å². The summed E-state index contributed by atoms with van der Waals surface area (Å²) in [6, 6.07) is 6.25. The number of phenols is 1. The monoisotopic (exact) mass is 406 g/mol. The van der Waals surface area contributed by atoms with Gasteiger partial charge in [0.1, 0.15) is 5.75 Å². The second-order valence-corrected chi connectivity index (χ2v) is 8.06. The third kappa shape index (κ3) is 3.77. The number of benzene rings is 1. The fraction of sp³-hybridized carbons (Fsp3) is 0.524. The average molecular weight is 406 g/mol. The fourth-order valence-electron chi connectivity index (χ4n) is 4.55. The van der Waals surface area contributed by atoms with Gasteiger partial charge in [-0.25, -0.2) is 0 Å². The lowest BCUT2D eigenvalue weighted by Gasteiger charge is -2.36. The van der Waals surface area contributed by atoms with E-state index < -0.39 is 17.5 Å². The quantitative estimate of drug-likeness (QED) is 0.807. The van der Waals surface area contributed by atoms with E-state index in [2.05, 4.69) is 27.3 Å². The molecule has 5 nitrogen and oxygen atoms in total. The zero-order valence-corrected chi connectivity index (χ0v) is 16.5. The molecule has 1 aromatic carbocycles. The summed E-state index contributed by atoms with van der Waals surface area (Å²) in [5.41, 5.74) is 0.225. The van der Waals surface area contributed by atoms with Gasteiger partial charge in [-0.2, -0.15) is 13.2 Å². The number of phenolic OH excluding ortho intramolecular Hbond substituents is 1. The number of nitrogens with one attached hydrogen (secondary N) is 1. The van der Waals surface area contributed by atoms with Gasteiger partial charge in [-0.05, 0) is 61.6 Å². The smallest absolute Gasteiger partial charge is 0.416 e. The molecule has 2 fully saturated rings. The summed E-state index contributed by atoms with van der Waals surface area (Å²) < 4.78 is 39.2. The van der Waals surface area contributed by atoms with Crippen molar-refractivity contribution in [1.29, 1.82) is 0 Å². The molecule has 29 heavy (non-hydrogen) atoms. The first-order valence-electron chi connectivity index (χ1n) is 10.0. The minimum atomic E-state index is -4.51. The van der Waals surface area contributed by atoms with Crippen molar-refractivity contribution in [2.45, 2.75) is 51.4 Å². The van der Waals surface area contributed by atoms with Crippen LogP contribution in [0.4, 0.5) is 19.0 Å². The fourth-order valence-corrected chi connectivity index (χ4v) is 4.55. The summed E-state index contributed by atoms with van der Waals surface area (Å²) in [7, 11) is 0. The molecule has 4 rings (SSSR count). The molecule has 3 heterocycles. The molecule has 0 bridgehead atoms. The van der Waals surface area contributed by atoms with Crippen molar-refractivity contribution in [3.05, 3.63) is 35.4 Å². The Hall–Kier alpha value is -2.35. The number of hydrogen-bond acceptors (Lipinski definition) is 5. The first-order valence-corrected chi connectivity index (χ1v) is 10.0. The summed E-state index contributed by atoms with van der Waals surface area (Å²) in [6.45, 7) is 5.91. The molecule has 1 unspecified atom stereocenters. The van der Waals surface area contributed by atoms with Crippen LogP contribution in [0.3, 0.4) is 0 Å². The van der Waals surface area contributed by atoms with Crippen molar-refractivity contribution >= 4 is 5.82 Å². The Bertz CT molecular complexity index is 885. The number of aromatic nitrogens is 2. The lowest BCUT2D eigenvalue weighted by Crippen LogP contribution is -2.50. The summed E-state index contributed by atoms with van der Waals surface area (Å²) in [5.74, 6) is 0.937. The molecule has 8 heteroatoms. The number of halogens is 3. The van der Waals surface area contributed by atoms with Crippen LogP contribution in [0.2, 0.25) is 0 Å². The highest BCUT2D eigenvalue weighted by molar-refractivity contribution is 5.72. The Labute approximate surface area is 167 Å². The highest BCUT2D eigenvalue weighted by Gasteiger charge is 2.38. The summed E-state index contributed by atoms with van der Waals surface area (Å²) in [6.07, 6.45) is -2.01. The van der Waals surface area contributed by atoms with E-state index in [1.807, 2.05) is 6.07 Å². The normalized spacial score (nSPS) is 24.6. The molecular weight excluding hydrogens is 381 g/mol. The Balaban J connectivity index is 1.63. The van der Waals surface area contributed by atoms with Gasteiger partial charge in [0.15, 0.2) is 5.82 Å². The minimum absolute atomic E-state index is 0.312. The third-order valence-corrected chi connectivity index (χ3v) is 6.03. The number of alkyl halides is 3. The predicted molar refractivity (Wildman–Crippen MR) is 105 cm³/mol. The van der Waals surface area contributed by atoms with Crippen molar-refractivity contribution in [2.24, 2.45) is 5.92 Å². The van der Waals surface area contributed by atoms with Gasteiger partial charge < -0.3 is 15.3 Å². The van der Waals surface area contributed by atoms with E-state index in [-0.39, 0.29) is 0 Å². The molecule has 1 aromatic heterocycles. The number of anilines is 1. The lowest BCUT2D eigenvalue weighted by atomic mass is 9.92. The van der Waals surface area contributed by atoms with Crippen molar-refractivity contribution < 1.29 is 18.3 Å². The van der Waals surface area contributed by atoms with E-state index in [9.17, 15) is 18.3 Å². The molecule has 2 aliphatic rings. The third-order valence-electron chi connectivity index (χ3n) is 6.03. The van der Waals surface area contributed by atoms with E-state index in [0.29, 0.717) is 41.2 Å². The Kier molecular flexibility index (Phi) is 5.14. The van der Waals surface area contributed by atoms with Gasteiger partial charge in [0.25, 0.3) is 0 Å². The van der Waals surface area contributed by atoms with Crippen LogP contribution < -0.4 is 10.2 Å². The maximum absolute atomic E-state index is 13.1. The molecule has 2 aliphatic heterocycles. The van der Waals surface area contributed by atoms with Crippen LogP contribution in [-0.4, -0.2) is 40.5 Å². The molecule has 156 valence electrons. The summed E-state index contributed by atoms with van der Waals surface area (Å²) >= 11 is 0. The van der Waals surface area contributed by atoms with Crippen LogP contribution in [-0.2, 0) is 12.6 Å². The molecule has 0 amide bonds. The second-order valence-electron chi connectivity index (χ2n) is 8.06. The van der Waals surface area contributed by atoms with E-state index in [0.717, 1.165) is 43.9 Å². The van der Waals surface area contributed by atoms with Crippen molar-refractivity contribution in [3.63, 3.8) is 0 Å². The zero-order chi connectivity index (χ0) is 20.8. The first kappa shape index (κ1) is 19.9. The number of rotatable bonds is 3. The van der Waals surface area contributed by atoms with E-state index in [1.54, 1.807) is 13.0 Å². The van der Waals surface area contributed by atoms with Crippen LogP contribution in [0.5, 0.6) is 5.75 Å². The SMILES string of the molecule is CCc1cc(C(F)(F)F)cc(O)c1-c1ccc(N2CC[C@@H]3NCC(C)C[C@H]32)nn1. The maximum Gasteiger partial charge on any atom is 0.416 e. The number of fused-ring (bicyclic) bond motifs is 1. The Morgan fingerprint density at radius 1 is 1.24 bits per heavy atom. The summed E-state index contributed by atoms with van der Waals surface area (Å²) in [5, 5.41) is 22.5. The Morgan fingerprint density at radius 2 is 2.03 bits per heavy atom. The topological polar surface area (TPSA) is 61.3 Å². The van der Waals surface area contributed by atoms with Gasteiger partial charge in [0.2, 0.25) is 0 Å². The summed E-state index contributed by atoms with van der Waals surface area (Å²) in [4.78, 5) is 2.26. The van der Waals surface area contributed by atoms with E-state index in [1.165, 1.54) is 0 Å². The van der Waals surface area contributed by atoms with Crippen LogP contribution in [0.1, 0.15) is 37.8 Å². The van der Waals surface area contributed by atoms with Crippen molar-refractivity contribution in [3.8, 4) is 17.0 Å². The standard InChI is InChI=1S/C21H25F3N4O/c1-3-13-9-14(21(22,23)24)10-18(29)20(13)16-4-5-19(27-26-16)28-7-6-15-17(28)8-12(2)11-25-15/h4-5,9-10,12,15,17,25,29H,3,6-8,11H2,1-2H3/t12?,15-,17+/m0/s1. The average Bonchev–Trinajstić information content (AvgIpc) is 3.09. The highest BCUT2D eigenvalue weighted by atomic mass is 19.4. The molecule has 0 radical (unpaired) electrons. The van der Waals surface area contributed by atoms with Gasteiger partial charge in [-0.1, -0.05) is 13.8 Å². The molecule has 2 saturated heterocycles. The number of aromatic hydroxyl groups is 1. The maximum atomic E-state index is 13.1.